The van der Waals surface area contributed by atoms with Crippen molar-refractivity contribution < 1.29 is 19.1 Å². The second-order valence-electron chi connectivity index (χ2n) is 4.24. The van der Waals surface area contributed by atoms with Crippen molar-refractivity contribution in [1.82, 2.24) is 9.80 Å². The summed E-state index contributed by atoms with van der Waals surface area (Å²) in [5.74, 6) is 1.05. The van der Waals surface area contributed by atoms with Gasteiger partial charge in [-0.25, -0.2) is 14.5 Å². The minimum atomic E-state index is -0.532. The number of carbonyl (C=O) groups excluding carboxylic acids is 2. The molecule has 0 heterocycles. The van der Waals surface area contributed by atoms with Crippen molar-refractivity contribution in [2.24, 2.45) is 0 Å². The van der Waals surface area contributed by atoms with Gasteiger partial charge in [0.25, 0.3) is 0 Å². The summed E-state index contributed by atoms with van der Waals surface area (Å²) in [6.07, 6.45) is 0. The van der Waals surface area contributed by atoms with Crippen molar-refractivity contribution in [3.05, 3.63) is 18.2 Å². The monoisotopic (exact) mass is 281 g/mol. The number of nitrogens with one attached hydrogen (secondary N) is 1. The lowest BCUT2D eigenvalue weighted by atomic mass is 10.3. The van der Waals surface area contributed by atoms with E-state index in [4.69, 9.17) is 9.47 Å². The molecule has 20 heavy (non-hydrogen) atoms. The molecule has 0 bridgehead atoms. The van der Waals surface area contributed by atoms with E-state index >= 15 is 0 Å². The van der Waals surface area contributed by atoms with Gasteiger partial charge in [0.1, 0.15) is 0 Å². The number of amides is 4. The molecular formula is C13H19N3O4. The van der Waals surface area contributed by atoms with Crippen LogP contribution in [-0.2, 0) is 0 Å². The van der Waals surface area contributed by atoms with E-state index in [0.717, 1.165) is 4.90 Å². The number of anilines is 1. The van der Waals surface area contributed by atoms with Gasteiger partial charge < -0.3 is 19.7 Å². The zero-order valence-electron chi connectivity index (χ0n) is 12.3. The zero-order valence-corrected chi connectivity index (χ0v) is 12.3. The quantitative estimate of drug-likeness (QED) is 0.917. The third kappa shape index (κ3) is 3.53. The van der Waals surface area contributed by atoms with E-state index in [0.29, 0.717) is 17.2 Å². The van der Waals surface area contributed by atoms with Crippen molar-refractivity contribution in [3.63, 3.8) is 0 Å². The number of benzene rings is 1. The van der Waals surface area contributed by atoms with Crippen molar-refractivity contribution in [2.45, 2.75) is 0 Å². The Hall–Kier alpha value is -2.44. The summed E-state index contributed by atoms with van der Waals surface area (Å²) in [6.45, 7) is 0. The van der Waals surface area contributed by atoms with Crippen LogP contribution in [-0.4, -0.2) is 57.2 Å². The molecule has 0 saturated heterocycles. The van der Waals surface area contributed by atoms with Gasteiger partial charge in [0.05, 0.1) is 14.2 Å². The number of urea groups is 2. The normalized spacial score (nSPS) is 9.65. The molecule has 0 aliphatic heterocycles. The van der Waals surface area contributed by atoms with Crippen molar-refractivity contribution >= 4 is 17.7 Å². The van der Waals surface area contributed by atoms with Crippen LogP contribution in [0.15, 0.2) is 18.2 Å². The fourth-order valence-electron chi connectivity index (χ4n) is 1.51. The molecule has 0 radical (unpaired) electrons. The molecule has 0 aliphatic carbocycles. The molecule has 110 valence electrons. The van der Waals surface area contributed by atoms with Crippen molar-refractivity contribution in [1.29, 1.82) is 0 Å². The molecule has 1 rings (SSSR count). The third-order valence-corrected chi connectivity index (χ3v) is 2.61. The van der Waals surface area contributed by atoms with Gasteiger partial charge in [-0.1, -0.05) is 0 Å². The van der Waals surface area contributed by atoms with Crippen LogP contribution in [0.3, 0.4) is 0 Å². The Morgan fingerprint density at radius 3 is 2.15 bits per heavy atom. The molecule has 0 fully saturated rings. The lowest BCUT2D eigenvalue weighted by Gasteiger charge is -2.20. The zero-order chi connectivity index (χ0) is 15.3. The van der Waals surface area contributed by atoms with Crippen LogP contribution in [0.5, 0.6) is 11.5 Å². The second kappa shape index (κ2) is 6.65. The predicted octanol–water partition coefficient (Wildman–Crippen LogP) is 1.85. The first-order chi connectivity index (χ1) is 9.40. The summed E-state index contributed by atoms with van der Waals surface area (Å²) in [5.41, 5.74) is 0.506. The molecule has 7 heteroatoms. The molecule has 0 atom stereocenters. The third-order valence-electron chi connectivity index (χ3n) is 2.61. The molecule has 0 saturated carbocycles. The standard InChI is InChI=1S/C13H19N3O4/c1-15(2)13(18)16(3)12(17)14-9-6-7-10(19-4)11(8-9)20-5/h6-8H,1-5H3,(H,14,17). The molecule has 1 N–H and O–H groups in total. The number of hydrogen-bond acceptors (Lipinski definition) is 4. The highest BCUT2D eigenvalue weighted by Crippen LogP contribution is 2.29. The number of methoxy groups -OCH3 is 2. The van der Waals surface area contributed by atoms with Gasteiger partial charge in [-0.3, -0.25) is 0 Å². The van der Waals surface area contributed by atoms with Crippen LogP contribution < -0.4 is 14.8 Å². The predicted molar refractivity (Wildman–Crippen MR) is 75.4 cm³/mol. The Labute approximate surface area is 118 Å². The summed E-state index contributed by atoms with van der Waals surface area (Å²) < 4.78 is 10.2. The topological polar surface area (TPSA) is 71.1 Å². The minimum absolute atomic E-state index is 0.414. The maximum atomic E-state index is 11.9. The molecule has 1 aromatic carbocycles. The molecule has 4 amide bonds. The molecule has 1 aromatic rings. The summed E-state index contributed by atoms with van der Waals surface area (Å²) in [5, 5.41) is 2.61. The van der Waals surface area contributed by atoms with E-state index in [1.807, 2.05) is 0 Å². The van der Waals surface area contributed by atoms with Crippen LogP contribution >= 0.6 is 0 Å². The van der Waals surface area contributed by atoms with Gasteiger partial charge in [-0.05, 0) is 12.1 Å². The molecular weight excluding hydrogens is 262 g/mol. The highest BCUT2D eigenvalue weighted by molar-refractivity contribution is 6.00. The summed E-state index contributed by atoms with van der Waals surface area (Å²) in [4.78, 5) is 25.8. The Kier molecular flexibility index (Phi) is 5.19. The Bertz CT molecular complexity index is 502. The van der Waals surface area contributed by atoms with Crippen LogP contribution in [0.25, 0.3) is 0 Å². The van der Waals surface area contributed by atoms with Crippen molar-refractivity contribution in [2.75, 3.05) is 40.7 Å². The van der Waals surface area contributed by atoms with Gasteiger partial charge in [0, 0.05) is 32.9 Å². The van der Waals surface area contributed by atoms with Crippen LogP contribution in [0.4, 0.5) is 15.3 Å². The minimum Gasteiger partial charge on any atom is -0.493 e. The number of carbonyl (C=O) groups is 2. The first-order valence-electron chi connectivity index (χ1n) is 5.88. The van der Waals surface area contributed by atoms with E-state index in [9.17, 15) is 9.59 Å². The van der Waals surface area contributed by atoms with Gasteiger partial charge in [0.15, 0.2) is 11.5 Å². The number of hydrogen-bond donors (Lipinski definition) is 1. The first-order valence-corrected chi connectivity index (χ1v) is 5.88. The van der Waals surface area contributed by atoms with Crippen LogP contribution in [0, 0.1) is 0 Å². The van der Waals surface area contributed by atoms with E-state index in [1.54, 1.807) is 32.3 Å². The Morgan fingerprint density at radius 1 is 1.05 bits per heavy atom. The Balaban J connectivity index is 2.83. The number of ether oxygens (including phenoxy) is 2. The van der Waals surface area contributed by atoms with Gasteiger partial charge in [-0.2, -0.15) is 0 Å². The average molecular weight is 281 g/mol. The largest absolute Gasteiger partial charge is 0.493 e. The van der Waals surface area contributed by atoms with E-state index in [-0.39, 0.29) is 0 Å². The maximum absolute atomic E-state index is 11.9. The maximum Gasteiger partial charge on any atom is 0.329 e. The lowest BCUT2D eigenvalue weighted by Crippen LogP contribution is -2.42. The van der Waals surface area contributed by atoms with E-state index < -0.39 is 12.1 Å². The molecule has 0 unspecified atom stereocenters. The first kappa shape index (κ1) is 15.6. The van der Waals surface area contributed by atoms with E-state index in [1.165, 1.54) is 26.2 Å². The van der Waals surface area contributed by atoms with Gasteiger partial charge in [0.2, 0.25) is 0 Å². The fourth-order valence-corrected chi connectivity index (χ4v) is 1.51. The number of nitrogens with zero attached hydrogens (tertiary/aromatic N) is 2. The van der Waals surface area contributed by atoms with Gasteiger partial charge in [-0.15, -0.1) is 0 Å². The average Bonchev–Trinajstić information content (AvgIpc) is 2.45. The van der Waals surface area contributed by atoms with Crippen molar-refractivity contribution in [3.8, 4) is 11.5 Å². The molecule has 0 aliphatic rings. The summed E-state index contributed by atoms with van der Waals surface area (Å²) in [7, 11) is 7.58. The van der Waals surface area contributed by atoms with E-state index in [2.05, 4.69) is 5.32 Å². The molecule has 0 spiro atoms. The second-order valence-corrected chi connectivity index (χ2v) is 4.24. The number of imide groups is 1. The van der Waals surface area contributed by atoms with Crippen LogP contribution in [0.2, 0.25) is 0 Å². The summed E-state index contributed by atoms with van der Waals surface area (Å²) >= 11 is 0. The number of rotatable bonds is 3. The van der Waals surface area contributed by atoms with Crippen LogP contribution in [0.1, 0.15) is 0 Å². The van der Waals surface area contributed by atoms with Gasteiger partial charge >= 0.3 is 12.1 Å². The lowest BCUT2D eigenvalue weighted by molar-refractivity contribution is 0.182. The highest BCUT2D eigenvalue weighted by Gasteiger charge is 2.18. The fraction of sp³-hybridized carbons (Fsp3) is 0.385. The SMILES string of the molecule is COc1ccc(NC(=O)N(C)C(=O)N(C)C)cc1OC. The summed E-state index contributed by atoms with van der Waals surface area (Å²) in [6, 6.07) is 4.00. The molecule has 0 aromatic heterocycles. The highest BCUT2D eigenvalue weighted by atomic mass is 16.5. The molecule has 7 nitrogen and oxygen atoms in total. The smallest absolute Gasteiger partial charge is 0.329 e. The Morgan fingerprint density at radius 2 is 1.65 bits per heavy atom.